The summed E-state index contributed by atoms with van der Waals surface area (Å²) in [5.74, 6) is -19.6. The van der Waals surface area contributed by atoms with Crippen LogP contribution in [0.3, 0.4) is 0 Å². The third-order valence-corrected chi connectivity index (χ3v) is 7.62. The van der Waals surface area contributed by atoms with E-state index in [-0.39, 0.29) is 12.2 Å². The van der Waals surface area contributed by atoms with E-state index in [0.29, 0.717) is 36.4 Å². The molecule has 0 amide bonds. The lowest BCUT2D eigenvalue weighted by Crippen LogP contribution is -2.13. The molecule has 5 rings (SSSR count). The lowest BCUT2D eigenvalue weighted by molar-refractivity contribution is 0.0522. The summed E-state index contributed by atoms with van der Waals surface area (Å²) in [4.78, 5) is 63.9. The number of rotatable bonds is 10. The fourth-order valence-electron chi connectivity index (χ4n) is 4.75. The van der Waals surface area contributed by atoms with E-state index in [9.17, 15) is 75.0 Å². The van der Waals surface area contributed by atoms with Crippen molar-refractivity contribution >= 4 is 35.5 Å². The molecule has 0 spiro atoms. The number of nitrogens with two attached hydrogens (primary N) is 1. The minimum absolute atomic E-state index is 0.0539. The van der Waals surface area contributed by atoms with Gasteiger partial charge in [-0.15, -0.1) is 0 Å². The second-order valence-corrected chi connectivity index (χ2v) is 11.6. The van der Waals surface area contributed by atoms with Gasteiger partial charge in [0, 0.05) is 0 Å². The molecule has 12 N–H and O–H groups in total. The number of carbonyl (C=O) groups excluding carboxylic acids is 5. The lowest BCUT2D eigenvalue weighted by Gasteiger charge is -2.13. The van der Waals surface area contributed by atoms with Crippen molar-refractivity contribution in [2.45, 2.75) is 6.92 Å². The quantitative estimate of drug-likeness (QED) is 0.0417. The van der Waals surface area contributed by atoms with Gasteiger partial charge in [-0.3, -0.25) is 0 Å². The van der Waals surface area contributed by atoms with Crippen LogP contribution < -0.4 is 24.7 Å². The monoisotopic (exact) mass is 805 g/mol. The Kier molecular flexibility index (Phi) is 11.1. The topological polar surface area (TPSA) is 360 Å². The fraction of sp³-hybridized carbons (Fsp3) is 0.0541. The molecule has 0 bridgehead atoms. The molecule has 0 atom stereocenters. The van der Waals surface area contributed by atoms with Crippen molar-refractivity contribution in [1.29, 1.82) is 0 Å². The molecule has 21 nitrogen and oxygen atoms in total. The van der Waals surface area contributed by atoms with Gasteiger partial charge in [0.2, 0.25) is 23.0 Å². The summed E-state index contributed by atoms with van der Waals surface area (Å²) in [5, 5.41) is 102. The minimum atomic E-state index is -1.48. The number of nitrogen functional groups attached to an aromatic ring is 1. The van der Waals surface area contributed by atoms with Crippen molar-refractivity contribution in [2.24, 2.45) is 0 Å². The average molecular weight is 806 g/mol. The van der Waals surface area contributed by atoms with Crippen LogP contribution in [0.4, 0.5) is 5.69 Å². The first-order valence-corrected chi connectivity index (χ1v) is 15.9. The van der Waals surface area contributed by atoms with E-state index in [4.69, 9.17) is 29.4 Å². The Hall–Kier alpha value is -8.75. The summed E-state index contributed by atoms with van der Waals surface area (Å²) in [7, 11) is 0. The Bertz CT molecular complexity index is 2520. The molecular weight excluding hydrogens is 778 g/mol. The Morgan fingerprint density at radius 2 is 0.621 bits per heavy atom. The van der Waals surface area contributed by atoms with Crippen LogP contribution in [0.2, 0.25) is 0 Å². The highest BCUT2D eigenvalue weighted by Crippen LogP contribution is 2.43. The summed E-state index contributed by atoms with van der Waals surface area (Å²) in [6.45, 7) is 1.45. The Balaban J connectivity index is 1.37. The first-order valence-electron chi connectivity index (χ1n) is 15.9. The Morgan fingerprint density at radius 1 is 0.397 bits per heavy atom. The van der Waals surface area contributed by atoms with E-state index in [1.807, 2.05) is 0 Å². The number of esters is 5. The standard InChI is InChI=1S/C37H27NO20/c1-2-54-33(49)14-5-20(41)29(45)24(9-14)56-35(51)16-7-22(43)31(47)26(11-16)58-37(53)17-8-23(44)32(48)27(12-17)57-36(52)15-6-21(42)30(46)25(10-15)55-34(50)13-3-18(39)28(38)19(40)4-13/h3-12,39-48H,2,38H2,1H3. The predicted molar refractivity (Wildman–Crippen MR) is 189 cm³/mol. The highest BCUT2D eigenvalue weighted by molar-refractivity contribution is 5.98. The third kappa shape index (κ3) is 8.32. The first-order chi connectivity index (χ1) is 27.3. The smallest absolute Gasteiger partial charge is 0.343 e. The zero-order chi connectivity index (χ0) is 42.7. The van der Waals surface area contributed by atoms with Crippen LogP contribution in [0.1, 0.15) is 58.7 Å². The maximum Gasteiger partial charge on any atom is 0.343 e. The van der Waals surface area contributed by atoms with Crippen LogP contribution in [0, 0.1) is 0 Å². The summed E-state index contributed by atoms with van der Waals surface area (Å²) < 4.78 is 24.9. The summed E-state index contributed by atoms with van der Waals surface area (Å²) in [6.07, 6.45) is 0. The van der Waals surface area contributed by atoms with Crippen molar-refractivity contribution in [2.75, 3.05) is 12.3 Å². The summed E-state index contributed by atoms with van der Waals surface area (Å²) in [6, 6.07) is 7.25. The van der Waals surface area contributed by atoms with Crippen molar-refractivity contribution < 1.29 is 98.7 Å². The van der Waals surface area contributed by atoms with Crippen molar-refractivity contribution in [3.8, 4) is 80.5 Å². The van der Waals surface area contributed by atoms with Gasteiger partial charge in [-0.25, -0.2) is 24.0 Å². The summed E-state index contributed by atoms with van der Waals surface area (Å²) in [5.41, 5.74) is 2.18. The number of phenols is 10. The van der Waals surface area contributed by atoms with Crippen molar-refractivity contribution in [3.63, 3.8) is 0 Å². The molecular formula is C37H27NO20. The number of benzene rings is 5. The van der Waals surface area contributed by atoms with Gasteiger partial charge in [-0.05, 0) is 67.6 Å². The van der Waals surface area contributed by atoms with Crippen molar-refractivity contribution in [1.82, 2.24) is 0 Å². The van der Waals surface area contributed by atoms with Gasteiger partial charge in [0.15, 0.2) is 46.0 Å². The van der Waals surface area contributed by atoms with Gasteiger partial charge in [-0.2, -0.15) is 0 Å². The molecule has 0 heterocycles. The largest absolute Gasteiger partial charge is 0.506 e. The third-order valence-electron chi connectivity index (χ3n) is 7.62. The average Bonchev–Trinajstić information content (AvgIpc) is 3.17. The number of anilines is 1. The van der Waals surface area contributed by atoms with E-state index in [2.05, 4.69) is 0 Å². The SMILES string of the molecule is CCOC(=O)c1cc(O)c(O)c(OC(=O)c2cc(O)c(O)c(OC(=O)c3cc(O)c(O)c(OC(=O)c4cc(O)c(O)c(OC(=O)c5cc(O)c(N)c(O)c5)c4)c3)c2)c1. The zero-order valence-electron chi connectivity index (χ0n) is 29.1. The molecule has 0 unspecified atom stereocenters. The fourth-order valence-corrected chi connectivity index (χ4v) is 4.75. The van der Waals surface area contributed by atoms with Crippen LogP contribution >= 0.6 is 0 Å². The highest BCUT2D eigenvalue weighted by atomic mass is 16.6. The molecule has 0 saturated carbocycles. The van der Waals surface area contributed by atoms with Gasteiger partial charge in [-0.1, -0.05) is 0 Å². The number of hydrogen-bond acceptors (Lipinski definition) is 21. The van der Waals surface area contributed by atoms with E-state index < -0.39 is 138 Å². The zero-order valence-corrected chi connectivity index (χ0v) is 29.1. The maximum atomic E-state index is 13.1. The molecule has 5 aromatic rings. The second kappa shape index (κ2) is 15.9. The molecule has 0 aliphatic rings. The molecule has 0 aromatic heterocycles. The minimum Gasteiger partial charge on any atom is -0.506 e. The number of phenolic OH excluding ortho intramolecular Hbond substituents is 10. The van der Waals surface area contributed by atoms with Gasteiger partial charge in [0.1, 0.15) is 17.2 Å². The van der Waals surface area contributed by atoms with E-state index in [1.54, 1.807) is 0 Å². The van der Waals surface area contributed by atoms with Gasteiger partial charge in [0.25, 0.3) is 0 Å². The molecule has 0 aliphatic heterocycles. The van der Waals surface area contributed by atoms with E-state index in [1.165, 1.54) is 6.92 Å². The highest BCUT2D eigenvalue weighted by Gasteiger charge is 2.26. The lowest BCUT2D eigenvalue weighted by atomic mass is 10.1. The van der Waals surface area contributed by atoms with Gasteiger partial charge >= 0.3 is 29.8 Å². The predicted octanol–water partition coefficient (Wildman–Crippen LogP) is 3.38. The Morgan fingerprint density at radius 3 is 0.879 bits per heavy atom. The normalized spacial score (nSPS) is 10.6. The van der Waals surface area contributed by atoms with Gasteiger partial charge < -0.3 is 80.5 Å². The maximum absolute atomic E-state index is 13.1. The number of aromatic hydroxyl groups is 10. The molecule has 0 saturated heterocycles. The number of ether oxygens (including phenoxy) is 5. The van der Waals surface area contributed by atoms with Gasteiger partial charge in [0.05, 0.1) is 34.4 Å². The first kappa shape index (κ1) is 40.4. The van der Waals surface area contributed by atoms with Crippen LogP contribution in [-0.2, 0) is 4.74 Å². The van der Waals surface area contributed by atoms with Crippen LogP contribution in [0.25, 0.3) is 0 Å². The van der Waals surface area contributed by atoms with E-state index >= 15 is 0 Å². The Labute approximate surface area is 322 Å². The second-order valence-electron chi connectivity index (χ2n) is 11.6. The van der Waals surface area contributed by atoms with Crippen molar-refractivity contribution in [3.05, 3.63) is 88.5 Å². The molecule has 0 radical (unpaired) electrons. The van der Waals surface area contributed by atoms with E-state index in [0.717, 1.165) is 24.3 Å². The molecule has 58 heavy (non-hydrogen) atoms. The van der Waals surface area contributed by atoms with Crippen LogP contribution in [-0.4, -0.2) is 87.5 Å². The number of hydrogen-bond donors (Lipinski definition) is 11. The molecule has 0 aliphatic carbocycles. The summed E-state index contributed by atoms with van der Waals surface area (Å²) >= 11 is 0. The molecule has 5 aromatic carbocycles. The number of carbonyl (C=O) groups is 5. The van der Waals surface area contributed by atoms with Crippen LogP contribution in [0.5, 0.6) is 80.5 Å². The molecule has 0 fully saturated rings. The van der Waals surface area contributed by atoms with Crippen LogP contribution in [0.15, 0.2) is 60.7 Å². The molecule has 21 heteroatoms. The molecule has 300 valence electrons.